The molecule has 2 N–H and O–H groups in total. The van der Waals surface area contributed by atoms with Gasteiger partial charge in [0.15, 0.2) is 0 Å². The van der Waals surface area contributed by atoms with Crippen molar-refractivity contribution in [2.45, 2.75) is 32.2 Å². The predicted molar refractivity (Wildman–Crippen MR) is 70.0 cm³/mol. The quantitative estimate of drug-likeness (QED) is 0.763. The summed E-state index contributed by atoms with van der Waals surface area (Å²) in [5, 5.41) is 0. The topological polar surface area (TPSA) is 26.0 Å². The van der Waals surface area contributed by atoms with Gasteiger partial charge in [-0.15, -0.1) is 0 Å². The van der Waals surface area contributed by atoms with E-state index >= 15 is 0 Å². The van der Waals surface area contributed by atoms with Gasteiger partial charge in [0, 0.05) is 5.54 Å². The summed E-state index contributed by atoms with van der Waals surface area (Å²) in [6, 6.07) is 8.58. The molecule has 1 aliphatic rings. The van der Waals surface area contributed by atoms with Crippen molar-refractivity contribution >= 4 is 6.08 Å². The molecule has 1 saturated carbocycles. The maximum atomic E-state index is 6.13. The molecule has 2 rings (SSSR count). The molecule has 1 aromatic rings. The lowest BCUT2D eigenvalue weighted by atomic mass is 10.0. The zero-order valence-electron chi connectivity index (χ0n) is 10.0. The van der Waals surface area contributed by atoms with Crippen molar-refractivity contribution in [2.75, 3.05) is 0 Å². The summed E-state index contributed by atoms with van der Waals surface area (Å²) in [4.78, 5) is 0. The van der Waals surface area contributed by atoms with Gasteiger partial charge in [0.25, 0.3) is 0 Å². The molecule has 0 spiro atoms. The van der Waals surface area contributed by atoms with Crippen LogP contribution in [0.25, 0.3) is 6.08 Å². The van der Waals surface area contributed by atoms with Crippen LogP contribution in [-0.4, -0.2) is 0 Å². The molecule has 0 aliphatic heterocycles. The Morgan fingerprint density at radius 1 is 1.25 bits per heavy atom. The van der Waals surface area contributed by atoms with Crippen LogP contribution in [0.1, 0.15) is 37.8 Å². The monoisotopic (exact) mass is 213 g/mol. The van der Waals surface area contributed by atoms with E-state index in [2.05, 4.69) is 49.4 Å². The lowest BCUT2D eigenvalue weighted by molar-refractivity contribution is 0.740. The van der Waals surface area contributed by atoms with Gasteiger partial charge < -0.3 is 5.73 Å². The molecule has 0 aromatic heterocycles. The minimum Gasteiger partial charge on any atom is -0.321 e. The zero-order valence-corrected chi connectivity index (χ0v) is 10.0. The van der Waals surface area contributed by atoms with Crippen molar-refractivity contribution in [3.8, 4) is 0 Å². The van der Waals surface area contributed by atoms with E-state index in [1.165, 1.54) is 16.7 Å². The standard InChI is InChI=1S/C15H19N/c1-3-12(2)4-5-13-6-8-14(9-7-13)15(16)10-11-15/h3-9H,10-11,16H2,1-2H3. The Kier molecular flexibility index (Phi) is 2.97. The van der Waals surface area contributed by atoms with Crippen molar-refractivity contribution in [1.82, 2.24) is 0 Å². The minimum atomic E-state index is -0.0124. The van der Waals surface area contributed by atoms with Crippen LogP contribution in [-0.2, 0) is 5.54 Å². The van der Waals surface area contributed by atoms with Crippen LogP contribution < -0.4 is 5.73 Å². The highest BCUT2D eigenvalue weighted by atomic mass is 14.8. The van der Waals surface area contributed by atoms with E-state index in [-0.39, 0.29) is 5.54 Å². The van der Waals surface area contributed by atoms with Crippen molar-refractivity contribution in [1.29, 1.82) is 0 Å². The van der Waals surface area contributed by atoms with Gasteiger partial charge in [0.1, 0.15) is 0 Å². The average Bonchev–Trinajstić information content (AvgIpc) is 3.06. The average molecular weight is 213 g/mol. The van der Waals surface area contributed by atoms with Gasteiger partial charge in [-0.05, 0) is 37.8 Å². The number of nitrogens with two attached hydrogens (primary N) is 1. The van der Waals surface area contributed by atoms with Crippen LogP contribution in [0.4, 0.5) is 0 Å². The summed E-state index contributed by atoms with van der Waals surface area (Å²) in [6.07, 6.45) is 8.61. The van der Waals surface area contributed by atoms with Gasteiger partial charge in [-0.1, -0.05) is 48.1 Å². The van der Waals surface area contributed by atoms with E-state index in [1.54, 1.807) is 0 Å². The fraction of sp³-hybridized carbons (Fsp3) is 0.333. The normalized spacial score (nSPS) is 19.1. The molecular formula is C15H19N. The Morgan fingerprint density at radius 3 is 2.38 bits per heavy atom. The smallest absolute Gasteiger partial charge is 0.0411 e. The Bertz CT molecular complexity index is 419. The Balaban J connectivity index is 2.11. The third kappa shape index (κ3) is 2.42. The van der Waals surface area contributed by atoms with Crippen LogP contribution in [0.15, 0.2) is 42.0 Å². The molecule has 16 heavy (non-hydrogen) atoms. The fourth-order valence-corrected chi connectivity index (χ4v) is 1.67. The largest absolute Gasteiger partial charge is 0.321 e. The summed E-state index contributed by atoms with van der Waals surface area (Å²) in [6.45, 7) is 4.15. The molecular weight excluding hydrogens is 194 g/mol. The maximum Gasteiger partial charge on any atom is 0.0411 e. The molecule has 0 bridgehead atoms. The number of hydrogen-bond acceptors (Lipinski definition) is 1. The maximum absolute atomic E-state index is 6.13. The van der Waals surface area contributed by atoms with Gasteiger partial charge in [-0.3, -0.25) is 0 Å². The van der Waals surface area contributed by atoms with Gasteiger partial charge >= 0.3 is 0 Å². The van der Waals surface area contributed by atoms with E-state index < -0.39 is 0 Å². The lowest BCUT2D eigenvalue weighted by Gasteiger charge is -2.08. The first-order chi connectivity index (χ1) is 7.64. The fourth-order valence-electron chi connectivity index (χ4n) is 1.67. The molecule has 1 heteroatoms. The molecule has 1 aromatic carbocycles. The predicted octanol–water partition coefficient (Wildman–Crippen LogP) is 3.61. The number of hydrogen-bond donors (Lipinski definition) is 1. The first kappa shape index (κ1) is 11.2. The van der Waals surface area contributed by atoms with Crippen LogP contribution in [0.2, 0.25) is 0 Å². The highest BCUT2D eigenvalue weighted by Crippen LogP contribution is 2.42. The second-order valence-corrected chi connectivity index (χ2v) is 4.64. The van der Waals surface area contributed by atoms with E-state index in [9.17, 15) is 0 Å². The van der Waals surface area contributed by atoms with Crippen LogP contribution >= 0.6 is 0 Å². The van der Waals surface area contributed by atoms with E-state index in [1.807, 2.05) is 6.92 Å². The molecule has 1 fully saturated rings. The first-order valence-electron chi connectivity index (χ1n) is 5.84. The van der Waals surface area contributed by atoms with Crippen molar-refractivity contribution in [2.24, 2.45) is 5.73 Å². The molecule has 84 valence electrons. The number of allylic oxidation sites excluding steroid dienone is 3. The molecule has 0 saturated heterocycles. The zero-order chi connectivity index (χ0) is 11.6. The third-order valence-electron chi connectivity index (χ3n) is 3.27. The van der Waals surface area contributed by atoms with Gasteiger partial charge in [0.05, 0.1) is 0 Å². The molecule has 0 radical (unpaired) electrons. The summed E-state index contributed by atoms with van der Waals surface area (Å²) >= 11 is 0. The van der Waals surface area contributed by atoms with Crippen LogP contribution in [0, 0.1) is 0 Å². The number of rotatable bonds is 3. The Hall–Kier alpha value is -1.34. The minimum absolute atomic E-state index is 0.0124. The highest BCUT2D eigenvalue weighted by molar-refractivity contribution is 5.53. The van der Waals surface area contributed by atoms with Gasteiger partial charge in [0.2, 0.25) is 0 Å². The Labute approximate surface area is 97.7 Å². The lowest BCUT2D eigenvalue weighted by Crippen LogP contribution is -2.18. The molecule has 0 unspecified atom stereocenters. The number of benzene rings is 1. The van der Waals surface area contributed by atoms with E-state index in [4.69, 9.17) is 5.73 Å². The van der Waals surface area contributed by atoms with Gasteiger partial charge in [-0.25, -0.2) is 0 Å². The summed E-state index contributed by atoms with van der Waals surface area (Å²) < 4.78 is 0. The summed E-state index contributed by atoms with van der Waals surface area (Å²) in [5.74, 6) is 0. The second-order valence-electron chi connectivity index (χ2n) is 4.64. The molecule has 1 aliphatic carbocycles. The molecule has 1 nitrogen and oxygen atoms in total. The van der Waals surface area contributed by atoms with E-state index in [0.29, 0.717) is 0 Å². The van der Waals surface area contributed by atoms with Gasteiger partial charge in [-0.2, -0.15) is 0 Å². The van der Waals surface area contributed by atoms with Crippen LogP contribution in [0.3, 0.4) is 0 Å². The van der Waals surface area contributed by atoms with Crippen molar-refractivity contribution in [3.63, 3.8) is 0 Å². The molecule has 0 amide bonds. The summed E-state index contributed by atoms with van der Waals surface area (Å²) in [5.41, 5.74) is 9.90. The summed E-state index contributed by atoms with van der Waals surface area (Å²) in [7, 11) is 0. The molecule has 0 heterocycles. The van der Waals surface area contributed by atoms with E-state index in [0.717, 1.165) is 12.8 Å². The third-order valence-corrected chi connectivity index (χ3v) is 3.27. The highest BCUT2D eigenvalue weighted by Gasteiger charge is 2.39. The SMILES string of the molecule is CC=C(C)C=Cc1ccc(C2(N)CC2)cc1. The second kappa shape index (κ2) is 4.26. The Morgan fingerprint density at radius 2 is 1.88 bits per heavy atom. The van der Waals surface area contributed by atoms with Crippen molar-refractivity contribution < 1.29 is 0 Å². The van der Waals surface area contributed by atoms with Crippen LogP contribution in [0.5, 0.6) is 0 Å². The van der Waals surface area contributed by atoms with Crippen molar-refractivity contribution in [3.05, 3.63) is 53.1 Å². The first-order valence-corrected chi connectivity index (χ1v) is 5.84. The molecule has 0 atom stereocenters.